The number of nitrogens with one attached hydrogen (secondary N) is 1. The fourth-order valence-electron chi connectivity index (χ4n) is 3.90. The molecule has 0 spiro atoms. The van der Waals surface area contributed by atoms with Gasteiger partial charge in [-0.3, -0.25) is 4.79 Å². The lowest BCUT2D eigenvalue weighted by atomic mass is 9.89. The van der Waals surface area contributed by atoms with Gasteiger partial charge in [0.15, 0.2) is 0 Å². The molecule has 3 rings (SSSR count). The number of benzene rings is 2. The molecule has 166 valence electrons. The van der Waals surface area contributed by atoms with Crippen molar-refractivity contribution in [3.63, 3.8) is 0 Å². The highest BCUT2D eigenvalue weighted by atomic mass is 16.6. The molecule has 31 heavy (non-hydrogen) atoms. The molecule has 0 bridgehead atoms. The summed E-state index contributed by atoms with van der Waals surface area (Å²) >= 11 is 0. The maximum atomic E-state index is 13.3. The maximum absolute atomic E-state index is 13.3. The highest BCUT2D eigenvalue weighted by Crippen LogP contribution is 2.29. The predicted octanol–water partition coefficient (Wildman–Crippen LogP) is 4.23. The second kappa shape index (κ2) is 9.86. The molecule has 1 saturated heterocycles. The van der Waals surface area contributed by atoms with E-state index in [1.54, 1.807) is 32.9 Å². The van der Waals surface area contributed by atoms with Gasteiger partial charge in [-0.15, -0.1) is 0 Å². The number of rotatable bonds is 5. The number of aromatic hydroxyl groups is 1. The Labute approximate surface area is 184 Å². The first-order valence-electron chi connectivity index (χ1n) is 10.8. The minimum atomic E-state index is -0.678. The fourth-order valence-corrected chi connectivity index (χ4v) is 3.90. The molecule has 1 aliphatic rings. The van der Waals surface area contributed by atoms with E-state index >= 15 is 0 Å². The molecule has 0 aromatic heterocycles. The molecule has 2 aromatic rings. The van der Waals surface area contributed by atoms with Crippen LogP contribution in [0.4, 0.5) is 4.79 Å². The van der Waals surface area contributed by atoms with Crippen LogP contribution in [0, 0.1) is 0 Å². The number of nitrogens with zero attached hydrogens (tertiary/aromatic N) is 1. The summed E-state index contributed by atoms with van der Waals surface area (Å²) in [5.41, 5.74) is 1.53. The van der Waals surface area contributed by atoms with E-state index in [4.69, 9.17) is 4.74 Å². The van der Waals surface area contributed by atoms with Gasteiger partial charge in [0.25, 0.3) is 0 Å². The topological polar surface area (TPSA) is 78.9 Å². The molecular weight excluding hydrogens is 392 g/mol. The molecule has 1 aliphatic heterocycles. The lowest BCUT2D eigenvalue weighted by Crippen LogP contribution is -2.52. The summed E-state index contributed by atoms with van der Waals surface area (Å²) in [6, 6.07) is 16.3. The number of hydrogen-bond acceptors (Lipinski definition) is 4. The third kappa shape index (κ3) is 6.74. The number of phenols is 1. The average Bonchev–Trinajstić information content (AvgIpc) is 2.73. The van der Waals surface area contributed by atoms with E-state index in [9.17, 15) is 14.7 Å². The lowest BCUT2D eigenvalue weighted by Gasteiger charge is -2.35. The molecule has 1 heterocycles. The van der Waals surface area contributed by atoms with Crippen LogP contribution in [-0.4, -0.2) is 46.7 Å². The number of likely N-dealkylation sites (tertiary alicyclic amines) is 1. The van der Waals surface area contributed by atoms with Gasteiger partial charge >= 0.3 is 6.09 Å². The van der Waals surface area contributed by atoms with Crippen LogP contribution in [0.3, 0.4) is 0 Å². The molecular formula is C25H32N2O4. The highest BCUT2D eigenvalue weighted by molar-refractivity contribution is 5.86. The Morgan fingerprint density at radius 3 is 2.26 bits per heavy atom. The minimum Gasteiger partial charge on any atom is -0.508 e. The van der Waals surface area contributed by atoms with Crippen molar-refractivity contribution in [2.45, 2.75) is 57.6 Å². The van der Waals surface area contributed by atoms with Gasteiger partial charge in [0, 0.05) is 19.5 Å². The van der Waals surface area contributed by atoms with Crippen molar-refractivity contribution < 1.29 is 19.4 Å². The van der Waals surface area contributed by atoms with Crippen LogP contribution in [0.1, 0.15) is 50.7 Å². The monoisotopic (exact) mass is 424 g/mol. The van der Waals surface area contributed by atoms with Gasteiger partial charge < -0.3 is 20.1 Å². The van der Waals surface area contributed by atoms with Crippen LogP contribution >= 0.6 is 0 Å². The molecule has 1 unspecified atom stereocenters. The second-order valence-corrected chi connectivity index (χ2v) is 9.08. The SMILES string of the molecule is CC(C)(C)OC(=O)NC(Cc1ccccc1)C(=O)N1CCC(c2ccc(O)cc2)CC1. The number of carbonyl (C=O) groups is 2. The summed E-state index contributed by atoms with van der Waals surface area (Å²) in [4.78, 5) is 27.5. The highest BCUT2D eigenvalue weighted by Gasteiger charge is 2.31. The Balaban J connectivity index is 1.66. The van der Waals surface area contributed by atoms with Crippen LogP contribution < -0.4 is 5.32 Å². The molecule has 0 saturated carbocycles. The number of alkyl carbamates (subject to hydrolysis) is 1. The van der Waals surface area contributed by atoms with Gasteiger partial charge in [-0.25, -0.2) is 4.79 Å². The minimum absolute atomic E-state index is 0.0844. The summed E-state index contributed by atoms with van der Waals surface area (Å²) < 4.78 is 5.39. The van der Waals surface area contributed by atoms with Crippen LogP contribution in [0.25, 0.3) is 0 Å². The largest absolute Gasteiger partial charge is 0.508 e. The molecule has 0 radical (unpaired) electrons. The Morgan fingerprint density at radius 2 is 1.68 bits per heavy atom. The van der Waals surface area contributed by atoms with Crippen molar-refractivity contribution in [1.29, 1.82) is 0 Å². The first kappa shape index (κ1) is 22.7. The Bertz CT molecular complexity index is 867. The van der Waals surface area contributed by atoms with Gasteiger partial charge in [0.1, 0.15) is 17.4 Å². The van der Waals surface area contributed by atoms with Crippen molar-refractivity contribution in [1.82, 2.24) is 10.2 Å². The lowest BCUT2D eigenvalue weighted by molar-refractivity contribution is -0.134. The van der Waals surface area contributed by atoms with Gasteiger partial charge in [0.2, 0.25) is 5.91 Å². The van der Waals surface area contributed by atoms with Gasteiger partial charge in [0.05, 0.1) is 0 Å². The van der Waals surface area contributed by atoms with Crippen molar-refractivity contribution in [3.05, 3.63) is 65.7 Å². The second-order valence-electron chi connectivity index (χ2n) is 9.08. The summed E-state index contributed by atoms with van der Waals surface area (Å²) in [6.07, 6.45) is 1.53. The maximum Gasteiger partial charge on any atom is 0.408 e. The first-order valence-corrected chi connectivity index (χ1v) is 10.8. The van der Waals surface area contributed by atoms with Gasteiger partial charge in [-0.05, 0) is 62.8 Å². The smallest absolute Gasteiger partial charge is 0.408 e. The average molecular weight is 425 g/mol. The molecule has 2 aromatic carbocycles. The zero-order chi connectivity index (χ0) is 22.4. The molecule has 1 atom stereocenters. The van der Waals surface area contributed by atoms with E-state index in [2.05, 4.69) is 5.32 Å². The summed E-state index contributed by atoms with van der Waals surface area (Å²) in [5, 5.41) is 12.3. The third-order valence-electron chi connectivity index (χ3n) is 5.44. The molecule has 6 heteroatoms. The number of piperidine rings is 1. The number of hydrogen-bond donors (Lipinski definition) is 2. The van der Waals surface area contributed by atoms with E-state index in [0.717, 1.165) is 18.4 Å². The fraction of sp³-hybridized carbons (Fsp3) is 0.440. The number of amides is 2. The number of ether oxygens (including phenoxy) is 1. The van der Waals surface area contributed by atoms with Crippen molar-refractivity contribution >= 4 is 12.0 Å². The van der Waals surface area contributed by atoms with Crippen molar-refractivity contribution in [2.24, 2.45) is 0 Å². The number of phenolic OH excluding ortho intramolecular Hbond substituents is 1. The summed E-state index contributed by atoms with van der Waals surface area (Å²) in [7, 11) is 0. The predicted molar refractivity (Wildman–Crippen MR) is 120 cm³/mol. The van der Waals surface area contributed by atoms with Crippen LogP contribution in [0.2, 0.25) is 0 Å². The van der Waals surface area contributed by atoms with Crippen LogP contribution in [0.15, 0.2) is 54.6 Å². The normalized spacial score (nSPS) is 15.9. The molecule has 2 N–H and O–H groups in total. The standard InChI is InChI=1S/C25H32N2O4/c1-25(2,3)31-24(30)26-22(17-18-7-5-4-6-8-18)23(29)27-15-13-20(14-16-27)19-9-11-21(28)12-10-19/h4-12,20,22,28H,13-17H2,1-3H3,(H,26,30). The Kier molecular flexibility index (Phi) is 7.21. The zero-order valence-electron chi connectivity index (χ0n) is 18.5. The molecule has 0 aliphatic carbocycles. The molecule has 1 fully saturated rings. The number of carbonyl (C=O) groups excluding carboxylic acids is 2. The van der Waals surface area contributed by atoms with E-state index in [-0.39, 0.29) is 11.7 Å². The van der Waals surface area contributed by atoms with Gasteiger partial charge in [-0.2, -0.15) is 0 Å². The Hall–Kier alpha value is -3.02. The Morgan fingerprint density at radius 1 is 1.06 bits per heavy atom. The summed E-state index contributed by atoms with van der Waals surface area (Å²) in [5.74, 6) is 0.531. The molecule has 2 amide bonds. The van der Waals surface area contributed by atoms with Crippen molar-refractivity contribution in [3.8, 4) is 5.75 Å². The quantitative estimate of drug-likeness (QED) is 0.753. The van der Waals surface area contributed by atoms with Crippen LogP contribution in [0.5, 0.6) is 5.75 Å². The van der Waals surface area contributed by atoms with E-state index < -0.39 is 17.7 Å². The molecule has 6 nitrogen and oxygen atoms in total. The van der Waals surface area contributed by atoms with E-state index in [1.165, 1.54) is 5.56 Å². The first-order chi connectivity index (χ1) is 14.7. The van der Waals surface area contributed by atoms with E-state index in [1.807, 2.05) is 47.4 Å². The van der Waals surface area contributed by atoms with Gasteiger partial charge in [-0.1, -0.05) is 42.5 Å². The summed E-state index contributed by atoms with van der Waals surface area (Å²) in [6.45, 7) is 6.66. The van der Waals surface area contributed by atoms with Crippen LogP contribution in [-0.2, 0) is 16.0 Å². The van der Waals surface area contributed by atoms with E-state index in [0.29, 0.717) is 25.4 Å². The van der Waals surface area contributed by atoms with Crippen molar-refractivity contribution in [2.75, 3.05) is 13.1 Å². The zero-order valence-corrected chi connectivity index (χ0v) is 18.5. The third-order valence-corrected chi connectivity index (χ3v) is 5.44.